The number of alkyl carbamates (subject to hydrolysis) is 1. The van der Waals surface area contributed by atoms with Crippen LogP contribution < -0.4 is 22.1 Å². The summed E-state index contributed by atoms with van der Waals surface area (Å²) in [7, 11) is 0. The zero-order chi connectivity index (χ0) is 28.6. The summed E-state index contributed by atoms with van der Waals surface area (Å²) in [6.45, 7) is 0.562. The predicted molar refractivity (Wildman–Crippen MR) is 139 cm³/mol. The van der Waals surface area contributed by atoms with E-state index in [1.54, 1.807) is 0 Å². The molecule has 39 heavy (non-hydrogen) atoms. The molecule has 0 aliphatic carbocycles. The summed E-state index contributed by atoms with van der Waals surface area (Å²) in [5, 5.41) is 12.4. The number of aliphatic carboxylic acids is 1. The molecule has 0 aliphatic rings. The van der Waals surface area contributed by atoms with Crippen molar-refractivity contribution in [1.82, 2.24) is 10.6 Å². The van der Waals surface area contributed by atoms with Crippen molar-refractivity contribution < 1.29 is 42.2 Å². The number of carboxylic acids is 1. The van der Waals surface area contributed by atoms with Crippen LogP contribution in [0.1, 0.15) is 30.4 Å². The lowest BCUT2D eigenvalue weighted by atomic mass is 10.0. The molecule has 0 saturated heterocycles. The zero-order valence-electron chi connectivity index (χ0n) is 20.9. The summed E-state index contributed by atoms with van der Waals surface area (Å²) in [6, 6.07) is 16.7. The zero-order valence-corrected chi connectivity index (χ0v) is 21.7. The number of carboxylic acid groups (broad SMARTS) is 1. The van der Waals surface area contributed by atoms with Gasteiger partial charge in [0.2, 0.25) is 11.8 Å². The first-order valence-corrected chi connectivity index (χ1v) is 11.5. The average molecular weight is 577 g/mol. The summed E-state index contributed by atoms with van der Waals surface area (Å²) in [4.78, 5) is 45.9. The Balaban J connectivity index is 0.00000159. The van der Waals surface area contributed by atoms with Crippen molar-refractivity contribution in [3.63, 3.8) is 0 Å². The quantitative estimate of drug-likeness (QED) is 0.241. The van der Waals surface area contributed by atoms with Crippen molar-refractivity contribution in [1.29, 1.82) is 0 Å². The van der Waals surface area contributed by atoms with Gasteiger partial charge in [0.25, 0.3) is 0 Å². The number of nitrogens with one attached hydrogen (secondary N) is 2. The summed E-state index contributed by atoms with van der Waals surface area (Å²) >= 11 is 0. The molecule has 3 amide bonds. The van der Waals surface area contributed by atoms with Gasteiger partial charge in [0.1, 0.15) is 18.7 Å². The van der Waals surface area contributed by atoms with Gasteiger partial charge in [-0.1, -0.05) is 60.7 Å². The van der Waals surface area contributed by atoms with Crippen LogP contribution >= 0.6 is 12.4 Å². The van der Waals surface area contributed by atoms with Crippen molar-refractivity contribution in [2.45, 2.75) is 50.6 Å². The van der Waals surface area contributed by atoms with Crippen LogP contribution in [-0.4, -0.2) is 53.8 Å². The molecule has 2 atom stereocenters. The lowest BCUT2D eigenvalue weighted by Gasteiger charge is -2.22. The molecule has 0 unspecified atom stereocenters. The monoisotopic (exact) mass is 576 g/mol. The molecule has 0 saturated carbocycles. The van der Waals surface area contributed by atoms with Crippen LogP contribution in [0.2, 0.25) is 0 Å². The predicted octanol–water partition coefficient (Wildman–Crippen LogP) is 2.68. The Hall–Kier alpha value is -3.84. The first-order chi connectivity index (χ1) is 17.9. The number of hydrogen-bond donors (Lipinski definition) is 5. The van der Waals surface area contributed by atoms with Gasteiger partial charge in [0, 0.05) is 6.42 Å². The van der Waals surface area contributed by atoms with E-state index in [1.807, 2.05) is 60.7 Å². The Bertz CT molecular complexity index is 1030. The minimum Gasteiger partial charge on any atom is -0.475 e. The van der Waals surface area contributed by atoms with Gasteiger partial charge in [-0.2, -0.15) is 13.2 Å². The molecule has 7 N–H and O–H groups in total. The molecule has 2 aromatic rings. The van der Waals surface area contributed by atoms with Crippen LogP contribution in [0.3, 0.4) is 0 Å². The molecular weight excluding hydrogens is 545 g/mol. The molecule has 0 aromatic heterocycles. The molecule has 0 bridgehead atoms. The van der Waals surface area contributed by atoms with Crippen molar-refractivity contribution in [2.75, 3.05) is 6.54 Å². The number of ether oxygens (including phenoxy) is 1. The summed E-state index contributed by atoms with van der Waals surface area (Å²) in [5.74, 6) is -3.90. The van der Waals surface area contributed by atoms with Gasteiger partial charge < -0.3 is 31.9 Å². The number of halogens is 4. The molecule has 0 heterocycles. The fraction of sp³-hybridized carbons (Fsp3) is 0.360. The molecule has 0 spiro atoms. The molecule has 0 aliphatic heterocycles. The van der Waals surface area contributed by atoms with E-state index >= 15 is 0 Å². The number of primary amides is 1. The molecule has 2 aromatic carbocycles. The number of nitrogens with two attached hydrogens (primary N) is 2. The SMILES string of the molecule is Cl.NCCCC[C@H](NC(=O)OCc1ccccc1)C(=O)N[C@@H](Cc1ccccc1)C(N)=O.O=C(O)C(F)(F)F. The highest BCUT2D eigenvalue weighted by Crippen LogP contribution is 2.13. The van der Waals surface area contributed by atoms with E-state index in [-0.39, 0.29) is 25.4 Å². The van der Waals surface area contributed by atoms with E-state index in [0.717, 1.165) is 11.1 Å². The second-order valence-corrected chi connectivity index (χ2v) is 8.00. The fourth-order valence-corrected chi connectivity index (χ4v) is 3.01. The molecule has 0 fully saturated rings. The normalized spacial score (nSPS) is 11.9. The van der Waals surface area contributed by atoms with Crippen LogP contribution in [0.5, 0.6) is 0 Å². The summed E-state index contributed by atoms with van der Waals surface area (Å²) in [6.07, 6.45) is -3.84. The summed E-state index contributed by atoms with van der Waals surface area (Å²) < 4.78 is 37.0. The number of benzene rings is 2. The van der Waals surface area contributed by atoms with Gasteiger partial charge >= 0.3 is 18.2 Å². The average Bonchev–Trinajstić information content (AvgIpc) is 2.87. The maximum absolute atomic E-state index is 12.8. The van der Waals surface area contributed by atoms with E-state index in [9.17, 15) is 27.6 Å². The third kappa shape index (κ3) is 15.2. The van der Waals surface area contributed by atoms with Gasteiger partial charge in [-0.15, -0.1) is 12.4 Å². The molecule has 2 rings (SSSR count). The highest BCUT2D eigenvalue weighted by Gasteiger charge is 2.38. The number of carbonyl (C=O) groups excluding carboxylic acids is 3. The van der Waals surface area contributed by atoms with E-state index < -0.39 is 42.1 Å². The standard InChI is InChI=1S/C23H30N4O4.C2HF3O2.ClH/c24-14-8-7-13-19(27-23(30)31-16-18-11-5-2-6-12-18)22(29)26-20(21(25)28)15-17-9-3-1-4-10-17;3-2(4,5)1(6)7;/h1-6,9-12,19-20H,7-8,13-16,24H2,(H2,25,28)(H,26,29)(H,27,30);(H,6,7);1H/t19-,20-;;/m0../s1. The second kappa shape index (κ2) is 18.4. The van der Waals surface area contributed by atoms with Gasteiger partial charge in [0.15, 0.2) is 0 Å². The second-order valence-electron chi connectivity index (χ2n) is 8.00. The number of rotatable bonds is 12. The van der Waals surface area contributed by atoms with E-state index in [2.05, 4.69) is 10.6 Å². The van der Waals surface area contributed by atoms with E-state index in [1.165, 1.54) is 0 Å². The first-order valence-electron chi connectivity index (χ1n) is 11.5. The van der Waals surface area contributed by atoms with Crippen molar-refractivity contribution in [3.8, 4) is 0 Å². The largest absolute Gasteiger partial charge is 0.490 e. The van der Waals surface area contributed by atoms with Crippen LogP contribution in [0.15, 0.2) is 60.7 Å². The Morgan fingerprint density at radius 3 is 1.85 bits per heavy atom. The van der Waals surface area contributed by atoms with E-state index in [4.69, 9.17) is 26.1 Å². The highest BCUT2D eigenvalue weighted by molar-refractivity contribution is 5.90. The minimum atomic E-state index is -5.08. The number of alkyl halides is 3. The number of amides is 3. The van der Waals surface area contributed by atoms with Gasteiger partial charge in [-0.3, -0.25) is 9.59 Å². The molecule has 14 heteroatoms. The fourth-order valence-electron chi connectivity index (χ4n) is 3.01. The smallest absolute Gasteiger partial charge is 0.475 e. The number of hydrogen-bond acceptors (Lipinski definition) is 6. The van der Waals surface area contributed by atoms with E-state index in [0.29, 0.717) is 25.8 Å². The number of unbranched alkanes of at least 4 members (excludes halogenated alkanes) is 1. The molecule has 0 radical (unpaired) electrons. The van der Waals surface area contributed by atoms with Crippen LogP contribution in [-0.2, 0) is 32.1 Å². The third-order valence-corrected chi connectivity index (χ3v) is 4.95. The molecular formula is C25H32ClF3N4O6. The minimum absolute atomic E-state index is 0. The Morgan fingerprint density at radius 2 is 1.38 bits per heavy atom. The molecule has 10 nitrogen and oxygen atoms in total. The Morgan fingerprint density at radius 1 is 0.872 bits per heavy atom. The van der Waals surface area contributed by atoms with Gasteiger partial charge in [-0.25, -0.2) is 9.59 Å². The maximum atomic E-state index is 12.8. The highest BCUT2D eigenvalue weighted by atomic mass is 35.5. The Labute approximate surface area is 229 Å². The third-order valence-electron chi connectivity index (χ3n) is 4.95. The van der Waals surface area contributed by atoms with Crippen molar-refractivity contribution in [3.05, 3.63) is 71.8 Å². The lowest BCUT2D eigenvalue weighted by Crippen LogP contribution is -2.53. The van der Waals surface area contributed by atoms with Gasteiger partial charge in [0.05, 0.1) is 0 Å². The summed E-state index contributed by atoms with van der Waals surface area (Å²) in [5.41, 5.74) is 12.7. The first kappa shape index (κ1) is 35.2. The van der Waals surface area contributed by atoms with Gasteiger partial charge in [-0.05, 0) is 36.9 Å². The Kier molecular flexibility index (Phi) is 16.6. The lowest BCUT2D eigenvalue weighted by molar-refractivity contribution is -0.192. The number of carbonyl (C=O) groups is 4. The van der Waals surface area contributed by atoms with Crippen molar-refractivity contribution in [2.24, 2.45) is 11.5 Å². The van der Waals surface area contributed by atoms with Crippen LogP contribution in [0.4, 0.5) is 18.0 Å². The van der Waals surface area contributed by atoms with Crippen LogP contribution in [0, 0.1) is 0 Å². The van der Waals surface area contributed by atoms with Crippen molar-refractivity contribution >= 4 is 36.3 Å². The van der Waals surface area contributed by atoms with Crippen LogP contribution in [0.25, 0.3) is 0 Å². The molecule has 216 valence electrons. The maximum Gasteiger partial charge on any atom is 0.490 e. The topological polar surface area (TPSA) is 174 Å².